The lowest BCUT2D eigenvalue weighted by Gasteiger charge is -2.25. The average molecular weight is 320 g/mol. The first-order valence-corrected chi connectivity index (χ1v) is 8.15. The van der Waals surface area contributed by atoms with Gasteiger partial charge in [0.15, 0.2) is 0 Å². The highest BCUT2D eigenvalue weighted by Gasteiger charge is 2.29. The van der Waals surface area contributed by atoms with Crippen molar-refractivity contribution >= 4 is 5.91 Å². The van der Waals surface area contributed by atoms with Gasteiger partial charge in [0.2, 0.25) is 0 Å². The van der Waals surface area contributed by atoms with E-state index in [1.165, 1.54) is 6.20 Å². The minimum Gasteiger partial charge on any atom is -0.379 e. The summed E-state index contributed by atoms with van der Waals surface area (Å²) in [6.07, 6.45) is 3.55. The Kier molecular flexibility index (Phi) is 4.77. The molecule has 1 atom stereocenters. The molecule has 1 aliphatic heterocycles. The van der Waals surface area contributed by atoms with Gasteiger partial charge in [0, 0.05) is 37.7 Å². The minimum atomic E-state index is -0.332. The van der Waals surface area contributed by atoms with Gasteiger partial charge in [0.25, 0.3) is 11.5 Å². The molecule has 1 unspecified atom stereocenters. The summed E-state index contributed by atoms with van der Waals surface area (Å²) in [5, 5.41) is 0. The molecule has 7 nitrogen and oxygen atoms in total. The molecule has 3 rings (SSSR count). The Morgan fingerprint density at radius 2 is 2.26 bits per heavy atom. The molecule has 2 fully saturated rings. The van der Waals surface area contributed by atoms with E-state index in [2.05, 4.69) is 14.9 Å². The standard InChI is InChI=1S/C16H24N4O3/c1-19(2)8-11-9-20(5-6-23-10-11)16(22)13-7-17-14(12-3-4-12)18-15(13)21/h7,11-12H,3-6,8-10H2,1-2H3,(H,17,18,21). The number of carbonyl (C=O) groups is 1. The van der Waals surface area contributed by atoms with Gasteiger partial charge in [-0.15, -0.1) is 0 Å². The van der Waals surface area contributed by atoms with Crippen molar-refractivity contribution in [2.24, 2.45) is 5.92 Å². The van der Waals surface area contributed by atoms with Crippen LogP contribution >= 0.6 is 0 Å². The molecule has 1 saturated carbocycles. The zero-order chi connectivity index (χ0) is 16.4. The van der Waals surface area contributed by atoms with Gasteiger partial charge >= 0.3 is 0 Å². The molecular formula is C16H24N4O3. The first-order chi connectivity index (χ1) is 11.0. The van der Waals surface area contributed by atoms with Crippen molar-refractivity contribution in [2.75, 3.05) is 46.9 Å². The van der Waals surface area contributed by atoms with Crippen LogP contribution in [0.5, 0.6) is 0 Å². The molecular weight excluding hydrogens is 296 g/mol. The molecule has 1 aliphatic carbocycles. The van der Waals surface area contributed by atoms with E-state index in [4.69, 9.17) is 4.74 Å². The van der Waals surface area contributed by atoms with E-state index >= 15 is 0 Å². The molecule has 2 heterocycles. The molecule has 0 spiro atoms. The third-order valence-electron chi connectivity index (χ3n) is 4.26. The fraction of sp³-hybridized carbons (Fsp3) is 0.688. The van der Waals surface area contributed by atoms with E-state index in [-0.39, 0.29) is 22.9 Å². The predicted molar refractivity (Wildman–Crippen MR) is 85.6 cm³/mol. The van der Waals surface area contributed by atoms with Crippen LogP contribution in [0.2, 0.25) is 0 Å². The maximum absolute atomic E-state index is 12.7. The summed E-state index contributed by atoms with van der Waals surface area (Å²) in [6.45, 7) is 3.09. The van der Waals surface area contributed by atoms with Gasteiger partial charge < -0.3 is 19.5 Å². The number of aromatic amines is 1. The Hall–Kier alpha value is -1.73. The summed E-state index contributed by atoms with van der Waals surface area (Å²) in [5.41, 5.74) is -0.207. The van der Waals surface area contributed by atoms with E-state index in [1.54, 1.807) is 4.90 Å². The normalized spacial score (nSPS) is 22.2. The third-order valence-corrected chi connectivity index (χ3v) is 4.26. The fourth-order valence-electron chi connectivity index (χ4n) is 2.99. The van der Waals surface area contributed by atoms with E-state index in [9.17, 15) is 9.59 Å². The number of hydrogen-bond donors (Lipinski definition) is 1. The molecule has 1 aromatic rings. The average Bonchev–Trinajstić information content (AvgIpc) is 3.33. The van der Waals surface area contributed by atoms with Crippen molar-refractivity contribution in [2.45, 2.75) is 18.8 Å². The second-order valence-electron chi connectivity index (χ2n) is 6.74. The molecule has 2 aliphatic rings. The lowest BCUT2D eigenvalue weighted by atomic mass is 10.1. The Bertz CT molecular complexity index is 624. The van der Waals surface area contributed by atoms with Crippen LogP contribution in [0.25, 0.3) is 0 Å². The monoisotopic (exact) mass is 320 g/mol. The van der Waals surface area contributed by atoms with Crippen molar-refractivity contribution in [1.82, 2.24) is 19.8 Å². The van der Waals surface area contributed by atoms with Gasteiger partial charge in [-0.3, -0.25) is 9.59 Å². The van der Waals surface area contributed by atoms with Crippen LogP contribution in [0.4, 0.5) is 0 Å². The van der Waals surface area contributed by atoms with Crippen LogP contribution in [0.1, 0.15) is 34.9 Å². The van der Waals surface area contributed by atoms with Crippen molar-refractivity contribution in [3.8, 4) is 0 Å². The van der Waals surface area contributed by atoms with Gasteiger partial charge in [-0.2, -0.15) is 0 Å². The van der Waals surface area contributed by atoms with Gasteiger partial charge in [-0.25, -0.2) is 4.98 Å². The first kappa shape index (κ1) is 16.1. The van der Waals surface area contributed by atoms with Crippen LogP contribution in [-0.2, 0) is 4.74 Å². The van der Waals surface area contributed by atoms with Crippen molar-refractivity contribution in [3.05, 3.63) is 27.9 Å². The number of hydrogen-bond acceptors (Lipinski definition) is 5. The number of carbonyl (C=O) groups excluding carboxylic acids is 1. The Balaban J connectivity index is 1.74. The summed E-state index contributed by atoms with van der Waals surface area (Å²) in [5.74, 6) is 1.06. The predicted octanol–water partition coefficient (Wildman–Crippen LogP) is 0.298. The second kappa shape index (κ2) is 6.80. The molecule has 0 bridgehead atoms. The molecule has 0 aromatic carbocycles. The number of ether oxygens (including phenoxy) is 1. The van der Waals surface area contributed by atoms with Crippen LogP contribution in [0.15, 0.2) is 11.0 Å². The summed E-state index contributed by atoms with van der Waals surface area (Å²) < 4.78 is 5.59. The minimum absolute atomic E-state index is 0.125. The number of H-pyrrole nitrogens is 1. The quantitative estimate of drug-likeness (QED) is 0.863. The number of nitrogens with one attached hydrogen (secondary N) is 1. The fourth-order valence-corrected chi connectivity index (χ4v) is 2.99. The first-order valence-electron chi connectivity index (χ1n) is 8.15. The second-order valence-corrected chi connectivity index (χ2v) is 6.74. The van der Waals surface area contributed by atoms with Gasteiger partial charge in [-0.05, 0) is 26.9 Å². The Morgan fingerprint density at radius 1 is 1.48 bits per heavy atom. The van der Waals surface area contributed by atoms with E-state index in [0.29, 0.717) is 38.0 Å². The largest absolute Gasteiger partial charge is 0.379 e. The van der Waals surface area contributed by atoms with Gasteiger partial charge in [-0.1, -0.05) is 0 Å². The van der Waals surface area contributed by atoms with Gasteiger partial charge in [0.1, 0.15) is 11.4 Å². The summed E-state index contributed by atoms with van der Waals surface area (Å²) in [7, 11) is 4.00. The highest BCUT2D eigenvalue weighted by atomic mass is 16.5. The van der Waals surface area contributed by atoms with E-state index in [1.807, 2.05) is 14.1 Å². The lowest BCUT2D eigenvalue weighted by molar-refractivity contribution is 0.0732. The molecule has 1 N–H and O–H groups in total. The summed E-state index contributed by atoms with van der Waals surface area (Å²) in [4.78, 5) is 35.7. The summed E-state index contributed by atoms with van der Waals surface area (Å²) in [6, 6.07) is 0. The van der Waals surface area contributed by atoms with Crippen molar-refractivity contribution in [1.29, 1.82) is 0 Å². The van der Waals surface area contributed by atoms with Crippen LogP contribution in [-0.4, -0.2) is 72.6 Å². The number of rotatable bonds is 4. The Morgan fingerprint density at radius 3 is 2.91 bits per heavy atom. The lowest BCUT2D eigenvalue weighted by Crippen LogP contribution is -2.40. The maximum atomic E-state index is 12.7. The van der Waals surface area contributed by atoms with Crippen molar-refractivity contribution in [3.63, 3.8) is 0 Å². The summed E-state index contributed by atoms with van der Waals surface area (Å²) >= 11 is 0. The van der Waals surface area contributed by atoms with Gasteiger partial charge in [0.05, 0.1) is 13.2 Å². The molecule has 1 aromatic heterocycles. The maximum Gasteiger partial charge on any atom is 0.263 e. The topological polar surface area (TPSA) is 78.5 Å². The molecule has 23 heavy (non-hydrogen) atoms. The Labute approximate surface area is 135 Å². The third kappa shape index (κ3) is 3.97. The zero-order valence-electron chi connectivity index (χ0n) is 13.7. The molecule has 7 heteroatoms. The highest BCUT2D eigenvalue weighted by molar-refractivity contribution is 5.93. The highest BCUT2D eigenvalue weighted by Crippen LogP contribution is 2.37. The molecule has 0 radical (unpaired) electrons. The van der Waals surface area contributed by atoms with Crippen molar-refractivity contribution < 1.29 is 9.53 Å². The van der Waals surface area contributed by atoms with E-state index < -0.39 is 0 Å². The number of nitrogens with zero attached hydrogens (tertiary/aromatic N) is 3. The molecule has 126 valence electrons. The number of aromatic nitrogens is 2. The number of amides is 1. The van der Waals surface area contributed by atoms with Crippen LogP contribution in [0.3, 0.4) is 0 Å². The molecule has 1 amide bonds. The van der Waals surface area contributed by atoms with Crippen LogP contribution in [0, 0.1) is 5.92 Å². The smallest absolute Gasteiger partial charge is 0.263 e. The molecule has 1 saturated heterocycles. The van der Waals surface area contributed by atoms with Crippen LogP contribution < -0.4 is 5.56 Å². The SMILES string of the molecule is CN(C)CC1COCCN(C(=O)c2cnc(C3CC3)[nH]c2=O)C1. The van der Waals surface area contributed by atoms with E-state index in [0.717, 1.165) is 19.4 Å². The zero-order valence-corrected chi connectivity index (χ0v) is 13.7.